The van der Waals surface area contributed by atoms with E-state index in [1.165, 1.54) is 13.0 Å². The Morgan fingerprint density at radius 2 is 2.09 bits per heavy atom. The van der Waals surface area contributed by atoms with E-state index in [4.69, 9.17) is 0 Å². The number of Topliss-reactive ketones (excluding diaryl/α,β-unsaturated/α-hetero) is 1. The van der Waals surface area contributed by atoms with Gasteiger partial charge in [-0.05, 0) is 31.2 Å². The maximum absolute atomic E-state index is 11.4. The maximum atomic E-state index is 11.4. The Morgan fingerprint density at radius 3 is 2.68 bits per heavy atom. The number of rotatable bonds is 6. The molecule has 6 heteroatoms. The SMILES string of the molecule is CC(=O)c1ccc(N(C)CCc2ccccn2)c([N+](=O)[O-])c1. The van der Waals surface area contributed by atoms with Crippen molar-refractivity contribution >= 4 is 17.2 Å². The lowest BCUT2D eigenvalue weighted by Crippen LogP contribution is -2.21. The van der Waals surface area contributed by atoms with Gasteiger partial charge in [0.25, 0.3) is 5.69 Å². The van der Waals surface area contributed by atoms with E-state index in [-0.39, 0.29) is 11.5 Å². The Kier molecular flexibility index (Phi) is 4.83. The molecule has 0 aliphatic carbocycles. The zero-order chi connectivity index (χ0) is 16.1. The average Bonchev–Trinajstić information content (AvgIpc) is 2.52. The van der Waals surface area contributed by atoms with Crippen LogP contribution in [0.15, 0.2) is 42.6 Å². The highest BCUT2D eigenvalue weighted by atomic mass is 16.6. The number of ketones is 1. The summed E-state index contributed by atoms with van der Waals surface area (Å²) >= 11 is 0. The molecule has 0 spiro atoms. The Labute approximate surface area is 128 Å². The lowest BCUT2D eigenvalue weighted by molar-refractivity contribution is -0.384. The summed E-state index contributed by atoms with van der Waals surface area (Å²) in [4.78, 5) is 28.2. The molecule has 2 aromatic rings. The summed E-state index contributed by atoms with van der Waals surface area (Å²) in [5.41, 5.74) is 1.70. The summed E-state index contributed by atoms with van der Waals surface area (Å²) < 4.78 is 0. The number of pyridine rings is 1. The number of carbonyl (C=O) groups excluding carboxylic acids is 1. The quantitative estimate of drug-likeness (QED) is 0.465. The van der Waals surface area contributed by atoms with Crippen LogP contribution in [0.1, 0.15) is 23.0 Å². The molecular formula is C16H17N3O3. The fourth-order valence-electron chi connectivity index (χ4n) is 2.16. The highest BCUT2D eigenvalue weighted by molar-refractivity contribution is 5.95. The van der Waals surface area contributed by atoms with Gasteiger partial charge in [0.15, 0.2) is 5.78 Å². The molecule has 22 heavy (non-hydrogen) atoms. The van der Waals surface area contributed by atoms with Gasteiger partial charge in [0, 0.05) is 43.5 Å². The standard InChI is InChI=1S/C16H17N3O3/c1-12(20)13-6-7-15(16(11-13)19(21)22)18(2)10-8-14-5-3-4-9-17-14/h3-7,9,11H,8,10H2,1-2H3. The minimum absolute atomic E-state index is 0.0591. The Hall–Kier alpha value is -2.76. The van der Waals surface area contributed by atoms with E-state index in [1.807, 2.05) is 18.2 Å². The van der Waals surface area contributed by atoms with Crippen molar-refractivity contribution in [2.24, 2.45) is 0 Å². The normalized spacial score (nSPS) is 10.3. The summed E-state index contributed by atoms with van der Waals surface area (Å²) in [6.07, 6.45) is 2.41. The minimum Gasteiger partial charge on any atom is -0.369 e. The fourth-order valence-corrected chi connectivity index (χ4v) is 2.16. The van der Waals surface area contributed by atoms with Crippen molar-refractivity contribution in [2.75, 3.05) is 18.5 Å². The topological polar surface area (TPSA) is 76.3 Å². The lowest BCUT2D eigenvalue weighted by Gasteiger charge is -2.19. The number of benzene rings is 1. The molecule has 0 bridgehead atoms. The van der Waals surface area contributed by atoms with Gasteiger partial charge in [0.05, 0.1) is 4.92 Å². The molecular weight excluding hydrogens is 282 g/mol. The van der Waals surface area contributed by atoms with Crippen molar-refractivity contribution in [3.63, 3.8) is 0 Å². The highest BCUT2D eigenvalue weighted by Gasteiger charge is 2.19. The van der Waals surface area contributed by atoms with Crippen molar-refractivity contribution in [3.05, 3.63) is 64.0 Å². The van der Waals surface area contributed by atoms with Gasteiger partial charge in [0.1, 0.15) is 5.69 Å². The van der Waals surface area contributed by atoms with Crippen LogP contribution in [0.4, 0.5) is 11.4 Å². The van der Waals surface area contributed by atoms with E-state index in [0.29, 0.717) is 24.2 Å². The van der Waals surface area contributed by atoms with Gasteiger partial charge in [-0.1, -0.05) is 6.07 Å². The first-order chi connectivity index (χ1) is 10.5. The third kappa shape index (κ3) is 3.66. The number of aromatic nitrogens is 1. The number of nitro benzene ring substituents is 1. The smallest absolute Gasteiger partial charge is 0.293 e. The first-order valence-electron chi connectivity index (χ1n) is 6.89. The van der Waals surface area contributed by atoms with Crippen LogP contribution in [-0.4, -0.2) is 29.3 Å². The second-order valence-corrected chi connectivity index (χ2v) is 5.01. The molecule has 0 N–H and O–H groups in total. The predicted octanol–water partition coefficient (Wildman–Crippen LogP) is 2.87. The molecule has 0 saturated carbocycles. The maximum Gasteiger partial charge on any atom is 0.293 e. The monoisotopic (exact) mass is 299 g/mol. The number of anilines is 1. The Bertz CT molecular complexity index is 686. The second-order valence-electron chi connectivity index (χ2n) is 5.01. The molecule has 0 aliphatic rings. The van der Waals surface area contributed by atoms with Crippen LogP contribution in [0.5, 0.6) is 0 Å². The molecule has 2 rings (SSSR count). The van der Waals surface area contributed by atoms with Crippen LogP contribution in [-0.2, 0) is 6.42 Å². The van der Waals surface area contributed by atoms with E-state index in [1.54, 1.807) is 30.3 Å². The molecule has 0 atom stereocenters. The summed E-state index contributed by atoms with van der Waals surface area (Å²) in [7, 11) is 1.79. The van der Waals surface area contributed by atoms with Crippen LogP contribution in [0.25, 0.3) is 0 Å². The van der Waals surface area contributed by atoms with Crippen molar-refractivity contribution in [1.82, 2.24) is 4.98 Å². The van der Waals surface area contributed by atoms with Gasteiger partial charge in [-0.25, -0.2) is 0 Å². The zero-order valence-electron chi connectivity index (χ0n) is 12.5. The third-order valence-corrected chi connectivity index (χ3v) is 3.42. The average molecular weight is 299 g/mol. The number of likely N-dealkylation sites (N-methyl/N-ethyl adjacent to an activating group) is 1. The number of hydrogen-bond donors (Lipinski definition) is 0. The van der Waals surface area contributed by atoms with Crippen LogP contribution in [0.3, 0.4) is 0 Å². The molecule has 1 heterocycles. The van der Waals surface area contributed by atoms with Crippen molar-refractivity contribution < 1.29 is 9.72 Å². The molecule has 0 unspecified atom stereocenters. The number of nitro groups is 1. The molecule has 114 valence electrons. The Balaban J connectivity index is 2.19. The largest absolute Gasteiger partial charge is 0.369 e. The van der Waals surface area contributed by atoms with Gasteiger partial charge in [-0.15, -0.1) is 0 Å². The summed E-state index contributed by atoms with van der Waals surface area (Å²) in [5, 5.41) is 11.2. The summed E-state index contributed by atoms with van der Waals surface area (Å²) in [6, 6.07) is 10.2. The Morgan fingerprint density at radius 1 is 1.32 bits per heavy atom. The van der Waals surface area contributed by atoms with E-state index in [0.717, 1.165) is 5.69 Å². The molecule has 0 amide bonds. The molecule has 0 saturated heterocycles. The summed E-state index contributed by atoms with van der Waals surface area (Å²) in [6.45, 7) is 1.99. The van der Waals surface area contributed by atoms with E-state index in [9.17, 15) is 14.9 Å². The molecule has 0 radical (unpaired) electrons. The van der Waals surface area contributed by atoms with Gasteiger partial charge in [0.2, 0.25) is 0 Å². The van der Waals surface area contributed by atoms with Crippen molar-refractivity contribution in [2.45, 2.75) is 13.3 Å². The number of hydrogen-bond acceptors (Lipinski definition) is 5. The molecule has 1 aromatic heterocycles. The van der Waals surface area contributed by atoms with E-state index >= 15 is 0 Å². The summed E-state index contributed by atoms with van der Waals surface area (Å²) in [5.74, 6) is -0.189. The van der Waals surface area contributed by atoms with E-state index in [2.05, 4.69) is 4.98 Å². The van der Waals surface area contributed by atoms with Gasteiger partial charge >= 0.3 is 0 Å². The lowest BCUT2D eigenvalue weighted by atomic mass is 10.1. The fraction of sp³-hybridized carbons (Fsp3) is 0.250. The second kappa shape index (κ2) is 6.80. The third-order valence-electron chi connectivity index (χ3n) is 3.42. The van der Waals surface area contributed by atoms with E-state index < -0.39 is 4.92 Å². The first-order valence-corrected chi connectivity index (χ1v) is 6.89. The molecule has 0 aliphatic heterocycles. The van der Waals surface area contributed by atoms with Gasteiger partial charge in [-0.2, -0.15) is 0 Å². The molecule has 0 fully saturated rings. The molecule has 1 aromatic carbocycles. The van der Waals surface area contributed by atoms with Crippen LogP contribution in [0, 0.1) is 10.1 Å². The van der Waals surface area contributed by atoms with Crippen LogP contribution >= 0.6 is 0 Å². The van der Waals surface area contributed by atoms with Crippen molar-refractivity contribution in [3.8, 4) is 0 Å². The zero-order valence-corrected chi connectivity index (χ0v) is 12.5. The minimum atomic E-state index is -0.459. The van der Waals surface area contributed by atoms with Crippen LogP contribution in [0.2, 0.25) is 0 Å². The van der Waals surface area contributed by atoms with Gasteiger partial charge in [-0.3, -0.25) is 19.9 Å². The van der Waals surface area contributed by atoms with Gasteiger partial charge < -0.3 is 4.90 Å². The number of carbonyl (C=O) groups is 1. The first kappa shape index (κ1) is 15.6. The molecule has 6 nitrogen and oxygen atoms in total. The number of nitrogens with zero attached hydrogens (tertiary/aromatic N) is 3. The predicted molar refractivity (Wildman–Crippen MR) is 84.3 cm³/mol. The highest BCUT2D eigenvalue weighted by Crippen LogP contribution is 2.28. The van der Waals surface area contributed by atoms with Crippen LogP contribution < -0.4 is 4.90 Å². The van der Waals surface area contributed by atoms with Crippen molar-refractivity contribution in [1.29, 1.82) is 0 Å².